The Bertz CT molecular complexity index is 491. The van der Waals surface area contributed by atoms with Crippen molar-refractivity contribution in [3.8, 4) is 10.8 Å². The average molecular weight is 205 g/mol. The predicted molar refractivity (Wildman–Crippen MR) is 53.5 cm³/mol. The van der Waals surface area contributed by atoms with Gasteiger partial charge in [-0.3, -0.25) is 0 Å². The molecule has 0 unspecified atom stereocenters. The highest BCUT2D eigenvalue weighted by Gasteiger charge is 2.08. The minimum absolute atomic E-state index is 0.543. The summed E-state index contributed by atoms with van der Waals surface area (Å²) < 4.78 is 0. The lowest BCUT2D eigenvalue weighted by Crippen LogP contribution is -1.91. The van der Waals surface area contributed by atoms with Crippen molar-refractivity contribution in [2.75, 3.05) is 0 Å². The highest BCUT2D eigenvalue weighted by Crippen LogP contribution is 2.21. The van der Waals surface area contributed by atoms with E-state index in [4.69, 9.17) is 0 Å². The molecule has 2 aromatic heterocycles. The van der Waals surface area contributed by atoms with Gasteiger partial charge in [0.25, 0.3) is 0 Å². The molecule has 0 bridgehead atoms. The number of thiazole rings is 1. The summed E-state index contributed by atoms with van der Waals surface area (Å²) in [4.78, 5) is 6.54. The van der Waals surface area contributed by atoms with Crippen molar-refractivity contribution >= 4 is 17.4 Å². The molecule has 2 rings (SSSR count). The van der Waals surface area contributed by atoms with Gasteiger partial charge in [-0.15, -0.1) is 27.3 Å². The van der Waals surface area contributed by atoms with Crippen LogP contribution in [0.2, 0.25) is 0 Å². The lowest BCUT2D eigenvalue weighted by atomic mass is 10.5. The Morgan fingerprint density at radius 2 is 2.50 bits per heavy atom. The van der Waals surface area contributed by atoms with E-state index in [2.05, 4.69) is 32.7 Å². The first-order valence-corrected chi connectivity index (χ1v) is 4.67. The summed E-state index contributed by atoms with van der Waals surface area (Å²) in [6.45, 7) is 3.49. The van der Waals surface area contributed by atoms with Gasteiger partial charge < -0.3 is 0 Å². The van der Waals surface area contributed by atoms with Crippen molar-refractivity contribution < 1.29 is 0 Å². The maximum atomic E-state index is 4.16. The standard InChI is InChI=1S/C8H7N5S/c1-3-4-6-5-9-8(14-6)7-10-12-13(2)11-7/h4-5H,1H2,2H3. The van der Waals surface area contributed by atoms with Crippen molar-refractivity contribution in [1.82, 2.24) is 25.2 Å². The van der Waals surface area contributed by atoms with Crippen LogP contribution in [-0.4, -0.2) is 25.2 Å². The highest BCUT2D eigenvalue weighted by atomic mass is 32.1. The maximum absolute atomic E-state index is 4.16. The van der Waals surface area contributed by atoms with Crippen LogP contribution < -0.4 is 0 Å². The minimum Gasteiger partial charge on any atom is -0.240 e. The molecule has 5 nitrogen and oxygen atoms in total. The number of nitrogens with zero attached hydrogens (tertiary/aromatic N) is 5. The first kappa shape index (κ1) is 8.80. The molecular formula is C8H7N5S. The van der Waals surface area contributed by atoms with Gasteiger partial charge >= 0.3 is 0 Å². The molecule has 0 atom stereocenters. The smallest absolute Gasteiger partial charge is 0.233 e. The van der Waals surface area contributed by atoms with E-state index in [1.165, 1.54) is 16.1 Å². The summed E-state index contributed by atoms with van der Waals surface area (Å²) in [5, 5.41) is 12.4. The molecule has 0 aliphatic heterocycles. The molecule has 0 aliphatic rings. The van der Waals surface area contributed by atoms with Crippen molar-refractivity contribution in [2.45, 2.75) is 0 Å². The van der Waals surface area contributed by atoms with Crippen LogP contribution in [0.5, 0.6) is 0 Å². The zero-order chi connectivity index (χ0) is 9.97. The van der Waals surface area contributed by atoms with Crippen LogP contribution in [-0.2, 0) is 7.05 Å². The summed E-state index contributed by atoms with van der Waals surface area (Å²) in [6.07, 6.45) is 3.49. The van der Waals surface area contributed by atoms with Crippen LogP contribution in [0.3, 0.4) is 0 Å². The second-order valence-electron chi connectivity index (χ2n) is 2.52. The van der Waals surface area contributed by atoms with Gasteiger partial charge in [0.1, 0.15) is 0 Å². The Kier molecular flexibility index (Phi) is 2.22. The topological polar surface area (TPSA) is 56.5 Å². The fraction of sp³-hybridized carbons (Fsp3) is 0.125. The summed E-state index contributed by atoms with van der Waals surface area (Å²) in [5.74, 6) is 0.543. The van der Waals surface area contributed by atoms with Crippen molar-refractivity contribution in [1.29, 1.82) is 0 Å². The number of hydrogen-bond donors (Lipinski definition) is 0. The summed E-state index contributed by atoms with van der Waals surface area (Å²) >= 11 is 1.48. The number of aromatic nitrogens is 5. The minimum atomic E-state index is 0.543. The third-order valence-corrected chi connectivity index (χ3v) is 2.41. The van der Waals surface area contributed by atoms with Gasteiger partial charge in [-0.25, -0.2) is 4.98 Å². The van der Waals surface area contributed by atoms with E-state index in [0.717, 1.165) is 9.88 Å². The van der Waals surface area contributed by atoms with Crippen LogP contribution in [0.15, 0.2) is 18.5 Å². The quantitative estimate of drug-likeness (QED) is 0.690. The molecule has 14 heavy (non-hydrogen) atoms. The number of tetrazole rings is 1. The zero-order valence-corrected chi connectivity index (χ0v) is 8.32. The first-order chi connectivity index (χ1) is 6.79. The van der Waals surface area contributed by atoms with Crippen LogP contribution in [0, 0.1) is 0 Å². The molecule has 0 N–H and O–H groups in total. The lowest BCUT2D eigenvalue weighted by molar-refractivity contribution is 0.630. The summed E-state index contributed by atoms with van der Waals surface area (Å²) in [5.41, 5.74) is 2.69. The highest BCUT2D eigenvalue weighted by molar-refractivity contribution is 7.15. The van der Waals surface area contributed by atoms with Gasteiger partial charge in [0, 0.05) is 6.20 Å². The molecule has 0 saturated carbocycles. The molecule has 0 fully saturated rings. The van der Waals surface area contributed by atoms with E-state index in [1.54, 1.807) is 19.3 Å². The van der Waals surface area contributed by atoms with Crippen molar-refractivity contribution in [3.63, 3.8) is 0 Å². The molecule has 0 amide bonds. The second-order valence-corrected chi connectivity index (χ2v) is 3.58. The third-order valence-electron chi connectivity index (χ3n) is 1.47. The fourth-order valence-corrected chi connectivity index (χ4v) is 1.68. The zero-order valence-electron chi connectivity index (χ0n) is 7.51. The molecule has 0 aliphatic carbocycles. The number of rotatable bonds is 2. The first-order valence-electron chi connectivity index (χ1n) is 3.85. The van der Waals surface area contributed by atoms with E-state index in [0.29, 0.717) is 5.82 Å². The SMILES string of the molecule is C=C=Cc1cnc(-c2nnn(C)n2)s1. The summed E-state index contributed by atoms with van der Waals surface area (Å²) in [7, 11) is 1.72. The summed E-state index contributed by atoms with van der Waals surface area (Å²) in [6, 6.07) is 0. The molecule has 0 saturated heterocycles. The van der Waals surface area contributed by atoms with E-state index in [9.17, 15) is 0 Å². The van der Waals surface area contributed by atoms with Gasteiger partial charge in [0.2, 0.25) is 5.82 Å². The molecule has 0 radical (unpaired) electrons. The van der Waals surface area contributed by atoms with Gasteiger partial charge in [-0.2, -0.15) is 4.80 Å². The van der Waals surface area contributed by atoms with Gasteiger partial charge in [0.05, 0.1) is 11.9 Å². The van der Waals surface area contributed by atoms with Crippen LogP contribution in [0.1, 0.15) is 4.88 Å². The second kappa shape index (κ2) is 3.53. The predicted octanol–water partition coefficient (Wildman–Crippen LogP) is 1.13. The van der Waals surface area contributed by atoms with E-state index >= 15 is 0 Å². The molecule has 6 heteroatoms. The third kappa shape index (κ3) is 1.61. The van der Waals surface area contributed by atoms with Crippen LogP contribution in [0.25, 0.3) is 16.9 Å². The Balaban J connectivity index is 2.37. The largest absolute Gasteiger partial charge is 0.240 e. The average Bonchev–Trinajstić information content (AvgIpc) is 2.74. The Hall–Kier alpha value is -1.78. The number of hydrogen-bond acceptors (Lipinski definition) is 5. The molecule has 0 spiro atoms. The monoisotopic (exact) mass is 205 g/mol. The van der Waals surface area contributed by atoms with E-state index in [-0.39, 0.29) is 0 Å². The van der Waals surface area contributed by atoms with Crippen molar-refractivity contribution in [2.24, 2.45) is 7.05 Å². The molecule has 2 aromatic rings. The van der Waals surface area contributed by atoms with Gasteiger partial charge in [-0.1, -0.05) is 6.58 Å². The van der Waals surface area contributed by atoms with Gasteiger partial charge in [0.15, 0.2) is 5.01 Å². The number of aryl methyl sites for hydroxylation is 1. The molecule has 2 heterocycles. The fourth-order valence-electron chi connectivity index (χ4n) is 0.927. The Morgan fingerprint density at radius 3 is 3.14 bits per heavy atom. The van der Waals surface area contributed by atoms with Crippen molar-refractivity contribution in [3.05, 3.63) is 23.4 Å². The normalized spacial score (nSPS) is 9.79. The molecular weight excluding hydrogens is 198 g/mol. The lowest BCUT2D eigenvalue weighted by Gasteiger charge is -1.81. The Morgan fingerprint density at radius 1 is 1.64 bits per heavy atom. The van der Waals surface area contributed by atoms with Crippen LogP contribution in [0.4, 0.5) is 0 Å². The van der Waals surface area contributed by atoms with E-state index < -0.39 is 0 Å². The molecule has 0 aromatic carbocycles. The van der Waals surface area contributed by atoms with Crippen LogP contribution >= 0.6 is 11.3 Å². The Labute approximate surface area is 84.4 Å². The maximum Gasteiger partial charge on any atom is 0.233 e. The van der Waals surface area contributed by atoms with Gasteiger partial charge in [-0.05, 0) is 11.3 Å². The van der Waals surface area contributed by atoms with E-state index in [1.807, 2.05) is 0 Å². The molecule has 70 valence electrons.